The number of H-pyrrole nitrogens is 1. The van der Waals surface area contributed by atoms with Crippen molar-refractivity contribution in [2.45, 2.75) is 13.0 Å². The number of aryl methyl sites for hydroxylation is 1. The fraction of sp³-hybridized carbons (Fsp3) is 0.130. The molecule has 0 saturated carbocycles. The first-order valence-electron chi connectivity index (χ1n) is 9.27. The highest BCUT2D eigenvalue weighted by molar-refractivity contribution is 5.96. The van der Waals surface area contributed by atoms with Crippen molar-refractivity contribution in [3.05, 3.63) is 89.4 Å². The van der Waals surface area contributed by atoms with E-state index < -0.39 is 12.0 Å². The molecule has 0 radical (unpaired) electrons. The number of aliphatic hydroxyl groups excluding tert-OH is 1. The molecule has 0 saturated heterocycles. The molecule has 1 amide bonds. The van der Waals surface area contributed by atoms with Crippen LogP contribution in [0.2, 0.25) is 0 Å². The van der Waals surface area contributed by atoms with Crippen LogP contribution in [0.4, 0.5) is 4.39 Å². The number of amides is 1. The predicted octanol–water partition coefficient (Wildman–Crippen LogP) is 4.14. The molecule has 4 rings (SSSR count). The van der Waals surface area contributed by atoms with Crippen LogP contribution in [-0.2, 0) is 0 Å². The average Bonchev–Trinajstić information content (AvgIpc) is 3.12. The van der Waals surface area contributed by atoms with Crippen LogP contribution < -0.4 is 5.32 Å². The Morgan fingerprint density at radius 2 is 1.90 bits per heavy atom. The smallest absolute Gasteiger partial charge is 0.251 e. The fourth-order valence-corrected chi connectivity index (χ4v) is 3.36. The molecule has 3 N–H and O–H groups in total. The van der Waals surface area contributed by atoms with Crippen molar-refractivity contribution in [3.8, 4) is 11.1 Å². The lowest BCUT2D eigenvalue weighted by Gasteiger charge is -2.17. The van der Waals surface area contributed by atoms with Crippen molar-refractivity contribution in [3.63, 3.8) is 0 Å². The van der Waals surface area contributed by atoms with E-state index in [0.717, 1.165) is 22.3 Å². The quantitative estimate of drug-likeness (QED) is 0.480. The van der Waals surface area contributed by atoms with Crippen molar-refractivity contribution in [1.29, 1.82) is 0 Å². The number of aliphatic hydroxyl groups is 1. The van der Waals surface area contributed by atoms with Gasteiger partial charge in [0, 0.05) is 5.56 Å². The molecule has 1 unspecified atom stereocenters. The van der Waals surface area contributed by atoms with E-state index in [-0.39, 0.29) is 12.5 Å². The van der Waals surface area contributed by atoms with Crippen molar-refractivity contribution in [1.82, 2.24) is 15.5 Å². The maximum Gasteiger partial charge on any atom is 0.251 e. The molecule has 0 bridgehead atoms. The van der Waals surface area contributed by atoms with Crippen LogP contribution in [-0.4, -0.2) is 27.8 Å². The molecule has 0 aliphatic rings. The summed E-state index contributed by atoms with van der Waals surface area (Å²) in [4.78, 5) is 12.8. The fourth-order valence-electron chi connectivity index (χ4n) is 3.36. The second-order valence-corrected chi connectivity index (χ2v) is 6.97. The number of rotatable bonds is 5. The number of halogens is 1. The molecule has 0 aliphatic heterocycles. The third-order valence-corrected chi connectivity index (χ3v) is 4.90. The number of carbonyl (C=O) groups is 1. The third-order valence-electron chi connectivity index (χ3n) is 4.90. The largest absolute Gasteiger partial charge is 0.394 e. The minimum atomic E-state index is -0.498. The van der Waals surface area contributed by atoms with E-state index in [1.807, 2.05) is 43.3 Å². The molecular weight excluding hydrogens is 369 g/mol. The molecule has 6 heteroatoms. The van der Waals surface area contributed by atoms with Crippen LogP contribution >= 0.6 is 0 Å². The lowest BCUT2D eigenvalue weighted by atomic mass is 10.0. The van der Waals surface area contributed by atoms with Crippen molar-refractivity contribution in [2.24, 2.45) is 0 Å². The lowest BCUT2D eigenvalue weighted by molar-refractivity contribution is 0.0916. The second kappa shape index (κ2) is 7.85. The highest BCUT2D eigenvalue weighted by Gasteiger charge is 2.16. The molecule has 3 aromatic carbocycles. The van der Waals surface area contributed by atoms with Crippen molar-refractivity contribution >= 4 is 16.8 Å². The number of hydrogen-bond donors (Lipinski definition) is 3. The number of hydrogen-bond acceptors (Lipinski definition) is 3. The highest BCUT2D eigenvalue weighted by Crippen LogP contribution is 2.26. The van der Waals surface area contributed by atoms with Crippen LogP contribution in [0.1, 0.15) is 27.5 Å². The van der Waals surface area contributed by atoms with E-state index in [9.17, 15) is 14.3 Å². The Balaban J connectivity index is 1.60. The SMILES string of the molecule is Cc1cccc(C(CO)NC(=O)c2cccc(-c3ccc4n[nH]c(F)c4c3)c2)c1. The first-order valence-corrected chi connectivity index (χ1v) is 9.27. The minimum Gasteiger partial charge on any atom is -0.394 e. The first kappa shape index (κ1) is 18.8. The second-order valence-electron chi connectivity index (χ2n) is 6.97. The molecule has 29 heavy (non-hydrogen) atoms. The Kier molecular flexibility index (Phi) is 5.10. The molecule has 0 aliphatic carbocycles. The van der Waals surface area contributed by atoms with Gasteiger partial charge in [-0.1, -0.05) is 48.0 Å². The normalized spacial score (nSPS) is 12.1. The van der Waals surface area contributed by atoms with Gasteiger partial charge in [0.2, 0.25) is 5.95 Å². The summed E-state index contributed by atoms with van der Waals surface area (Å²) < 4.78 is 13.8. The zero-order valence-corrected chi connectivity index (χ0v) is 15.8. The molecule has 0 fully saturated rings. The molecule has 1 heterocycles. The van der Waals surface area contributed by atoms with Gasteiger partial charge in [-0.05, 0) is 47.9 Å². The number of nitrogens with zero attached hydrogens (tertiary/aromatic N) is 1. The van der Waals surface area contributed by atoms with Crippen LogP contribution in [0.5, 0.6) is 0 Å². The topological polar surface area (TPSA) is 78.0 Å². The molecule has 1 atom stereocenters. The van der Waals surface area contributed by atoms with Crippen molar-refractivity contribution < 1.29 is 14.3 Å². The summed E-state index contributed by atoms with van der Waals surface area (Å²) in [6, 6.07) is 19.5. The molecule has 0 spiro atoms. The maximum atomic E-state index is 13.8. The summed E-state index contributed by atoms with van der Waals surface area (Å²) in [6.45, 7) is 1.76. The Morgan fingerprint density at radius 1 is 1.10 bits per heavy atom. The van der Waals surface area contributed by atoms with Crippen LogP contribution in [0.15, 0.2) is 66.7 Å². The molecule has 146 valence electrons. The number of carbonyl (C=O) groups excluding carboxylic acids is 1. The summed E-state index contributed by atoms with van der Waals surface area (Å²) in [6.07, 6.45) is 0. The maximum absolute atomic E-state index is 13.8. The lowest BCUT2D eigenvalue weighted by Crippen LogP contribution is -2.30. The van der Waals surface area contributed by atoms with Gasteiger partial charge >= 0.3 is 0 Å². The van der Waals surface area contributed by atoms with Gasteiger partial charge in [-0.2, -0.15) is 9.49 Å². The van der Waals surface area contributed by atoms with E-state index in [1.165, 1.54) is 0 Å². The van der Waals surface area contributed by atoms with E-state index in [0.29, 0.717) is 16.5 Å². The number of benzene rings is 3. The number of aromatic amines is 1. The minimum absolute atomic E-state index is 0.203. The monoisotopic (exact) mass is 389 g/mol. The van der Waals surface area contributed by atoms with E-state index in [2.05, 4.69) is 15.5 Å². The highest BCUT2D eigenvalue weighted by atomic mass is 19.1. The Bertz CT molecular complexity index is 1190. The van der Waals surface area contributed by atoms with Gasteiger partial charge in [-0.3, -0.25) is 9.89 Å². The van der Waals surface area contributed by atoms with Gasteiger partial charge in [0.1, 0.15) is 0 Å². The zero-order valence-electron chi connectivity index (χ0n) is 15.8. The molecule has 1 aromatic heterocycles. The summed E-state index contributed by atoms with van der Waals surface area (Å²) in [5.41, 5.74) is 4.48. The van der Waals surface area contributed by atoms with E-state index >= 15 is 0 Å². The average molecular weight is 389 g/mol. The standard InChI is InChI=1S/C23H20FN3O2/c1-14-4-2-6-17(10-14)21(13-28)25-23(29)18-7-3-5-15(11-18)16-8-9-20-19(12-16)22(24)27-26-20/h2-12,21,28H,13H2,1H3,(H,25,29)(H,26,27). The molecule has 5 nitrogen and oxygen atoms in total. The number of nitrogens with one attached hydrogen (secondary N) is 2. The molecular formula is C23H20FN3O2. The predicted molar refractivity (Wildman–Crippen MR) is 110 cm³/mol. The molecule has 4 aromatic rings. The summed E-state index contributed by atoms with van der Waals surface area (Å²) in [5, 5.41) is 19.2. The van der Waals surface area contributed by atoms with Crippen LogP contribution in [0, 0.1) is 12.9 Å². The summed E-state index contributed by atoms with van der Waals surface area (Å²) in [5.74, 6) is -0.775. The van der Waals surface area contributed by atoms with Crippen molar-refractivity contribution in [2.75, 3.05) is 6.61 Å². The Morgan fingerprint density at radius 3 is 2.69 bits per heavy atom. The summed E-state index contributed by atoms with van der Waals surface area (Å²) in [7, 11) is 0. The van der Waals surface area contributed by atoms with Gasteiger partial charge in [-0.25, -0.2) is 0 Å². The Hall–Kier alpha value is -3.51. The van der Waals surface area contributed by atoms with E-state index in [4.69, 9.17) is 0 Å². The van der Waals surface area contributed by atoms with Gasteiger partial charge in [0.15, 0.2) is 0 Å². The first-order chi connectivity index (χ1) is 14.0. The number of aromatic nitrogens is 2. The van der Waals surface area contributed by atoms with Gasteiger partial charge in [-0.15, -0.1) is 0 Å². The Labute approximate surface area is 167 Å². The van der Waals surface area contributed by atoms with E-state index in [1.54, 1.807) is 30.3 Å². The number of fused-ring (bicyclic) bond motifs is 1. The van der Waals surface area contributed by atoms with Gasteiger partial charge in [0.05, 0.1) is 23.6 Å². The zero-order chi connectivity index (χ0) is 20.4. The van der Waals surface area contributed by atoms with Crippen LogP contribution in [0.25, 0.3) is 22.0 Å². The summed E-state index contributed by atoms with van der Waals surface area (Å²) >= 11 is 0. The van der Waals surface area contributed by atoms with Gasteiger partial charge < -0.3 is 10.4 Å². The third kappa shape index (κ3) is 3.88. The van der Waals surface area contributed by atoms with Crippen LogP contribution in [0.3, 0.4) is 0 Å². The van der Waals surface area contributed by atoms with Gasteiger partial charge in [0.25, 0.3) is 5.91 Å².